The summed E-state index contributed by atoms with van der Waals surface area (Å²) < 4.78 is 5.88. The van der Waals surface area contributed by atoms with Crippen LogP contribution in [0.3, 0.4) is 0 Å². The molecule has 0 saturated carbocycles. The summed E-state index contributed by atoms with van der Waals surface area (Å²) in [5.74, 6) is 0. The normalized spacial score (nSPS) is 12.1. The van der Waals surface area contributed by atoms with Crippen LogP contribution in [0.1, 0.15) is 52.7 Å². The molecule has 2 aromatic rings. The zero-order valence-electron chi connectivity index (χ0n) is 17.2. The molecule has 0 aromatic heterocycles. The van der Waals surface area contributed by atoms with E-state index in [0.29, 0.717) is 24.6 Å². The minimum Gasteiger partial charge on any atom is -0.758 e. The van der Waals surface area contributed by atoms with Gasteiger partial charge in [0, 0.05) is 33.6 Å². The molecule has 0 amide bonds. The van der Waals surface area contributed by atoms with Crippen LogP contribution in [0.25, 0.3) is 0 Å². The maximum absolute atomic E-state index is 12.6. The summed E-state index contributed by atoms with van der Waals surface area (Å²) in [6.07, 6.45) is 0. The fourth-order valence-corrected chi connectivity index (χ4v) is 2.66. The molecule has 0 atom stereocenters. The molecule has 0 saturated heterocycles. The average molecular weight is 370 g/mol. The highest BCUT2D eigenvalue weighted by atomic mass is 16.5. The summed E-state index contributed by atoms with van der Waals surface area (Å²) in [6, 6.07) is 14.9. The van der Waals surface area contributed by atoms with Gasteiger partial charge in [-0.15, -0.1) is 0 Å². The van der Waals surface area contributed by atoms with Crippen LogP contribution in [0.15, 0.2) is 48.5 Å². The van der Waals surface area contributed by atoms with E-state index < -0.39 is 11.1 Å². The number of hydrogen-bond acceptors (Lipinski definition) is 5. The fraction of sp³-hybridized carbons (Fsp3) is 0.455. The number of hydroxylamine groups is 2. The molecule has 2 aromatic carbocycles. The van der Waals surface area contributed by atoms with Crippen LogP contribution >= 0.6 is 0 Å². The van der Waals surface area contributed by atoms with Gasteiger partial charge in [0.2, 0.25) is 0 Å². The first-order valence-corrected chi connectivity index (χ1v) is 9.20. The molecule has 0 unspecified atom stereocenters. The number of nitrogens with zero attached hydrogens (tertiary/aromatic N) is 2. The van der Waals surface area contributed by atoms with Crippen LogP contribution in [0.4, 0.5) is 11.4 Å². The van der Waals surface area contributed by atoms with Crippen molar-refractivity contribution in [3.05, 3.63) is 70.1 Å². The van der Waals surface area contributed by atoms with Crippen molar-refractivity contribution in [2.45, 2.75) is 65.8 Å². The molecule has 0 bridgehead atoms. The van der Waals surface area contributed by atoms with Gasteiger partial charge < -0.3 is 25.3 Å². The molecule has 0 aliphatic carbocycles. The topological polar surface area (TPSA) is 61.8 Å². The number of rotatable bonds is 6. The Labute approximate surface area is 162 Å². The van der Waals surface area contributed by atoms with E-state index in [1.807, 2.05) is 90.1 Å². The predicted octanol–water partition coefficient (Wildman–Crippen LogP) is 5.61. The lowest BCUT2D eigenvalue weighted by molar-refractivity contribution is 0.107. The molecule has 0 N–H and O–H groups in total. The minimum absolute atomic E-state index is 0.299. The van der Waals surface area contributed by atoms with E-state index in [9.17, 15) is 10.4 Å². The zero-order chi connectivity index (χ0) is 20.2. The Hall–Kier alpha value is -2.08. The summed E-state index contributed by atoms with van der Waals surface area (Å²) >= 11 is 0. The highest BCUT2D eigenvalue weighted by Gasteiger charge is 2.17. The summed E-state index contributed by atoms with van der Waals surface area (Å²) in [4.78, 5) is 0. The number of hydrogen-bond donors (Lipinski definition) is 0. The van der Waals surface area contributed by atoms with Gasteiger partial charge in [-0.25, -0.2) is 0 Å². The third-order valence-electron chi connectivity index (χ3n) is 4.15. The second-order valence-electron chi connectivity index (χ2n) is 8.68. The first kappa shape index (κ1) is 21.2. The van der Waals surface area contributed by atoms with Crippen LogP contribution in [0.2, 0.25) is 0 Å². The van der Waals surface area contributed by atoms with Gasteiger partial charge in [-0.05, 0) is 53.7 Å². The van der Waals surface area contributed by atoms with E-state index in [0.717, 1.165) is 21.3 Å². The van der Waals surface area contributed by atoms with Crippen LogP contribution in [0.5, 0.6) is 0 Å². The smallest absolute Gasteiger partial charge is 0.0741 e. The molecule has 0 fully saturated rings. The Balaban J connectivity index is 2.13. The van der Waals surface area contributed by atoms with Crippen molar-refractivity contribution in [1.29, 1.82) is 0 Å². The van der Waals surface area contributed by atoms with Crippen LogP contribution in [0, 0.1) is 10.4 Å². The molecule has 0 aliphatic rings. The summed E-state index contributed by atoms with van der Waals surface area (Å²) in [5, 5.41) is 27.2. The Morgan fingerprint density at radius 1 is 0.667 bits per heavy atom. The van der Waals surface area contributed by atoms with Gasteiger partial charge in [0.05, 0.1) is 13.2 Å². The van der Waals surface area contributed by atoms with E-state index in [-0.39, 0.29) is 0 Å². The molecule has 2 rings (SSSR count). The van der Waals surface area contributed by atoms with Crippen LogP contribution < -0.4 is 10.1 Å². The van der Waals surface area contributed by atoms with Crippen LogP contribution in [-0.4, -0.2) is 11.1 Å². The summed E-state index contributed by atoms with van der Waals surface area (Å²) in [6.45, 7) is 11.9. The van der Waals surface area contributed by atoms with Crippen molar-refractivity contribution in [2.75, 3.05) is 10.1 Å². The first-order valence-electron chi connectivity index (χ1n) is 9.20. The Kier molecular flexibility index (Phi) is 6.52. The average Bonchev–Trinajstić information content (AvgIpc) is 2.60. The summed E-state index contributed by atoms with van der Waals surface area (Å²) in [5.41, 5.74) is 1.82. The van der Waals surface area contributed by atoms with Crippen molar-refractivity contribution < 1.29 is 4.74 Å². The number of ether oxygens (including phenoxy) is 1. The highest BCUT2D eigenvalue weighted by molar-refractivity contribution is 5.57. The van der Waals surface area contributed by atoms with Gasteiger partial charge in [0.1, 0.15) is 0 Å². The second-order valence-corrected chi connectivity index (χ2v) is 8.68. The van der Waals surface area contributed by atoms with E-state index >= 15 is 0 Å². The molecular weight excluding hydrogens is 340 g/mol. The van der Waals surface area contributed by atoms with Crippen molar-refractivity contribution >= 4 is 11.4 Å². The Bertz CT molecular complexity index is 684. The molecule has 0 heterocycles. The first-order chi connectivity index (χ1) is 12.5. The number of anilines is 2. The van der Waals surface area contributed by atoms with E-state index in [4.69, 9.17) is 4.74 Å². The maximum atomic E-state index is 12.6. The van der Waals surface area contributed by atoms with Crippen LogP contribution in [-0.2, 0) is 18.0 Å². The van der Waals surface area contributed by atoms with Gasteiger partial charge in [0.15, 0.2) is 0 Å². The monoisotopic (exact) mass is 370 g/mol. The largest absolute Gasteiger partial charge is 0.758 e. The molecule has 5 heteroatoms. The molecule has 0 radical (unpaired) electrons. The predicted molar refractivity (Wildman–Crippen MR) is 113 cm³/mol. The molecule has 148 valence electrons. The Morgan fingerprint density at radius 3 is 1.33 bits per heavy atom. The van der Waals surface area contributed by atoms with E-state index in [1.54, 1.807) is 0 Å². The molecule has 0 aliphatic heterocycles. The van der Waals surface area contributed by atoms with Gasteiger partial charge in [-0.3, -0.25) is 0 Å². The van der Waals surface area contributed by atoms with Crippen molar-refractivity contribution in [3.8, 4) is 0 Å². The van der Waals surface area contributed by atoms with Gasteiger partial charge in [-0.1, -0.05) is 36.4 Å². The third kappa shape index (κ3) is 5.45. The SMILES string of the molecule is CC(C)(C)N([O-])c1ccccc1COCc1ccccc1N([O-])C(C)(C)C. The fourth-order valence-electron chi connectivity index (χ4n) is 2.66. The van der Waals surface area contributed by atoms with Gasteiger partial charge in [-0.2, -0.15) is 0 Å². The lowest BCUT2D eigenvalue weighted by Gasteiger charge is -2.45. The summed E-state index contributed by atoms with van der Waals surface area (Å²) in [7, 11) is 0. The minimum atomic E-state index is -0.529. The second kappa shape index (κ2) is 8.30. The quantitative estimate of drug-likeness (QED) is 0.619. The van der Waals surface area contributed by atoms with Gasteiger partial charge >= 0.3 is 0 Å². The highest BCUT2D eigenvalue weighted by Crippen LogP contribution is 2.29. The van der Waals surface area contributed by atoms with Crippen molar-refractivity contribution in [1.82, 2.24) is 0 Å². The van der Waals surface area contributed by atoms with Crippen molar-refractivity contribution in [2.24, 2.45) is 0 Å². The van der Waals surface area contributed by atoms with Crippen molar-refractivity contribution in [3.63, 3.8) is 0 Å². The molecular formula is C22H30N2O3-2. The lowest BCUT2D eigenvalue weighted by atomic mass is 10.1. The maximum Gasteiger partial charge on any atom is 0.0741 e. The number of para-hydroxylation sites is 2. The Morgan fingerprint density at radius 2 is 1.00 bits per heavy atom. The number of benzene rings is 2. The molecule has 0 spiro atoms. The van der Waals surface area contributed by atoms with Gasteiger partial charge in [0.25, 0.3) is 0 Å². The molecule has 27 heavy (non-hydrogen) atoms. The zero-order valence-corrected chi connectivity index (χ0v) is 17.2. The van der Waals surface area contributed by atoms with E-state index in [1.165, 1.54) is 0 Å². The van der Waals surface area contributed by atoms with E-state index in [2.05, 4.69) is 0 Å². The third-order valence-corrected chi connectivity index (χ3v) is 4.15. The molecule has 5 nitrogen and oxygen atoms in total. The standard InChI is InChI=1S/C22H30N2O3/c1-21(2,3)23(25)19-13-9-7-11-17(19)15-27-16-18-12-8-10-14-20(18)24(26)22(4,5)6/h7-14H,15-16H2,1-6H3/q-2. The lowest BCUT2D eigenvalue weighted by Crippen LogP contribution is -2.37.